The van der Waals surface area contributed by atoms with E-state index in [1.807, 2.05) is 51.1 Å². The Hall–Kier alpha value is -2.99. The lowest BCUT2D eigenvalue weighted by atomic mass is 9.92. The van der Waals surface area contributed by atoms with Gasteiger partial charge >= 0.3 is 0 Å². The molecule has 138 valence electrons. The fourth-order valence-corrected chi connectivity index (χ4v) is 2.89. The average molecular weight is 380 g/mol. The first-order valence-electron chi connectivity index (χ1n) is 8.50. The first-order chi connectivity index (χ1) is 12.7. The zero-order valence-electron chi connectivity index (χ0n) is 15.4. The monoisotopic (exact) mass is 380 g/mol. The number of para-hydroxylation sites is 1. The summed E-state index contributed by atoms with van der Waals surface area (Å²) in [5.41, 5.74) is 0.325. The van der Waals surface area contributed by atoms with Gasteiger partial charge in [-0.3, -0.25) is 19.8 Å². The molecule has 1 aliphatic rings. The van der Waals surface area contributed by atoms with Crippen molar-refractivity contribution >= 4 is 34.8 Å². The molecule has 1 N–H and O–H groups in total. The minimum absolute atomic E-state index is 0.0628. The Labute approximate surface area is 163 Å². The SMILES string of the molecule is CC(C)(C)/C=C1\C(=O)NC(=S)N(c2ccc(Oc3ccccc3)cc2)C1=O. The quantitative estimate of drug-likeness (QED) is 0.493. The number of allylic oxidation sites excluding steroid dienone is 1. The summed E-state index contributed by atoms with van der Waals surface area (Å²) >= 11 is 5.21. The number of benzene rings is 2. The van der Waals surface area contributed by atoms with Crippen LogP contribution in [0.5, 0.6) is 11.5 Å². The van der Waals surface area contributed by atoms with Gasteiger partial charge in [0.2, 0.25) is 0 Å². The average Bonchev–Trinajstić information content (AvgIpc) is 2.60. The molecule has 2 aromatic carbocycles. The molecule has 5 nitrogen and oxygen atoms in total. The van der Waals surface area contributed by atoms with E-state index in [0.717, 1.165) is 5.75 Å². The third-order valence-electron chi connectivity index (χ3n) is 3.75. The van der Waals surface area contributed by atoms with Crippen molar-refractivity contribution in [1.82, 2.24) is 5.32 Å². The van der Waals surface area contributed by atoms with Gasteiger partial charge in [-0.2, -0.15) is 0 Å². The van der Waals surface area contributed by atoms with Crippen molar-refractivity contribution in [1.29, 1.82) is 0 Å². The molecule has 0 aromatic heterocycles. The van der Waals surface area contributed by atoms with Crippen molar-refractivity contribution in [3.05, 3.63) is 66.2 Å². The van der Waals surface area contributed by atoms with Gasteiger partial charge in [0.1, 0.15) is 17.1 Å². The maximum Gasteiger partial charge on any atom is 0.269 e. The number of amides is 2. The van der Waals surface area contributed by atoms with Crippen molar-refractivity contribution in [2.24, 2.45) is 5.41 Å². The molecule has 0 aliphatic carbocycles. The van der Waals surface area contributed by atoms with Gasteiger partial charge in [0.15, 0.2) is 5.11 Å². The minimum Gasteiger partial charge on any atom is -0.457 e. The van der Waals surface area contributed by atoms with Crippen LogP contribution in [0.4, 0.5) is 5.69 Å². The molecule has 1 fully saturated rings. The Morgan fingerprint density at radius 2 is 1.56 bits per heavy atom. The van der Waals surface area contributed by atoms with Crippen molar-refractivity contribution in [3.63, 3.8) is 0 Å². The van der Waals surface area contributed by atoms with Gasteiger partial charge in [0.05, 0.1) is 5.69 Å². The first-order valence-corrected chi connectivity index (χ1v) is 8.91. The molecular formula is C21H20N2O3S. The lowest BCUT2D eigenvalue weighted by molar-refractivity contribution is -0.122. The number of rotatable bonds is 3. The van der Waals surface area contributed by atoms with Crippen molar-refractivity contribution in [2.45, 2.75) is 20.8 Å². The lowest BCUT2D eigenvalue weighted by Crippen LogP contribution is -2.54. The molecule has 2 aromatic rings. The highest BCUT2D eigenvalue weighted by Gasteiger charge is 2.35. The fraction of sp³-hybridized carbons (Fsp3) is 0.190. The van der Waals surface area contributed by atoms with Gasteiger partial charge in [0.25, 0.3) is 11.8 Å². The first kappa shape index (κ1) is 18.8. The van der Waals surface area contributed by atoms with Crippen molar-refractivity contribution < 1.29 is 14.3 Å². The van der Waals surface area contributed by atoms with Gasteiger partial charge in [-0.15, -0.1) is 0 Å². The molecule has 0 atom stereocenters. The molecule has 6 heteroatoms. The van der Waals surface area contributed by atoms with Gasteiger partial charge in [-0.1, -0.05) is 45.0 Å². The Morgan fingerprint density at radius 3 is 2.15 bits per heavy atom. The minimum atomic E-state index is -0.472. The molecule has 1 aliphatic heterocycles. The van der Waals surface area contributed by atoms with Crippen LogP contribution < -0.4 is 15.0 Å². The summed E-state index contributed by atoms with van der Waals surface area (Å²) in [4.78, 5) is 26.4. The van der Waals surface area contributed by atoms with Crippen LogP contribution in [-0.2, 0) is 9.59 Å². The summed E-state index contributed by atoms with van der Waals surface area (Å²) in [6, 6.07) is 16.4. The van der Waals surface area contributed by atoms with E-state index in [4.69, 9.17) is 17.0 Å². The molecule has 0 saturated carbocycles. The molecule has 0 spiro atoms. The number of nitrogens with one attached hydrogen (secondary N) is 1. The standard InChI is InChI=1S/C21H20N2O3S/c1-21(2,3)13-17-18(24)22-20(27)23(19(17)25)14-9-11-16(12-10-14)26-15-7-5-4-6-8-15/h4-13H,1-3H3,(H,22,24,27)/b17-13+. The molecule has 0 unspecified atom stereocenters. The number of anilines is 1. The summed E-state index contributed by atoms with van der Waals surface area (Å²) < 4.78 is 5.76. The Balaban J connectivity index is 1.86. The van der Waals surface area contributed by atoms with Crippen LogP contribution in [0, 0.1) is 5.41 Å². The topological polar surface area (TPSA) is 58.6 Å². The van der Waals surface area contributed by atoms with E-state index in [9.17, 15) is 9.59 Å². The molecule has 3 rings (SSSR count). The number of nitrogens with zero attached hydrogens (tertiary/aromatic N) is 1. The lowest BCUT2D eigenvalue weighted by Gasteiger charge is -2.30. The number of carbonyl (C=O) groups is 2. The highest BCUT2D eigenvalue weighted by molar-refractivity contribution is 7.80. The molecule has 1 heterocycles. The molecule has 0 radical (unpaired) electrons. The summed E-state index contributed by atoms with van der Waals surface area (Å²) in [7, 11) is 0. The Kier molecular flexibility index (Phi) is 5.10. The predicted octanol–water partition coefficient (Wildman–Crippen LogP) is 4.20. The van der Waals surface area contributed by atoms with Crippen LogP contribution in [-0.4, -0.2) is 16.9 Å². The van der Waals surface area contributed by atoms with E-state index in [1.165, 1.54) is 4.90 Å². The van der Waals surface area contributed by atoms with E-state index in [2.05, 4.69) is 5.32 Å². The predicted molar refractivity (Wildman–Crippen MR) is 109 cm³/mol. The highest BCUT2D eigenvalue weighted by Crippen LogP contribution is 2.27. The molecule has 27 heavy (non-hydrogen) atoms. The Bertz CT molecular complexity index is 913. The van der Waals surface area contributed by atoms with Gasteiger partial charge < -0.3 is 4.74 Å². The largest absolute Gasteiger partial charge is 0.457 e. The molecule has 0 bridgehead atoms. The van der Waals surface area contributed by atoms with Crippen molar-refractivity contribution in [2.75, 3.05) is 4.90 Å². The van der Waals surface area contributed by atoms with Crippen LogP contribution in [0.1, 0.15) is 20.8 Å². The maximum absolute atomic E-state index is 12.9. The third kappa shape index (κ3) is 4.41. The smallest absolute Gasteiger partial charge is 0.269 e. The van der Waals surface area contributed by atoms with E-state index in [-0.39, 0.29) is 16.1 Å². The zero-order chi connectivity index (χ0) is 19.6. The van der Waals surface area contributed by atoms with Gasteiger partial charge in [0, 0.05) is 0 Å². The summed E-state index contributed by atoms with van der Waals surface area (Å²) in [5, 5.41) is 2.65. The highest BCUT2D eigenvalue weighted by atomic mass is 32.1. The van der Waals surface area contributed by atoms with Gasteiger partial charge in [-0.25, -0.2) is 0 Å². The third-order valence-corrected chi connectivity index (χ3v) is 4.04. The summed E-state index contributed by atoms with van der Waals surface area (Å²) in [5.74, 6) is 0.447. The van der Waals surface area contributed by atoms with Crippen molar-refractivity contribution in [3.8, 4) is 11.5 Å². The Morgan fingerprint density at radius 1 is 0.963 bits per heavy atom. The number of carbonyl (C=O) groups excluding carboxylic acids is 2. The van der Waals surface area contributed by atoms with Crippen LogP contribution in [0.2, 0.25) is 0 Å². The van der Waals surface area contributed by atoms with E-state index < -0.39 is 11.8 Å². The number of hydrogen-bond donors (Lipinski definition) is 1. The number of thiocarbonyl (C=S) groups is 1. The molecular weight excluding hydrogens is 360 g/mol. The van der Waals surface area contributed by atoms with Crippen LogP contribution in [0.15, 0.2) is 66.2 Å². The van der Waals surface area contributed by atoms with E-state index in [1.54, 1.807) is 30.3 Å². The summed E-state index contributed by atoms with van der Waals surface area (Å²) in [6.45, 7) is 5.77. The normalized spacial score (nSPS) is 16.5. The van der Waals surface area contributed by atoms with Crippen LogP contribution >= 0.6 is 12.2 Å². The second-order valence-corrected chi connectivity index (χ2v) is 7.62. The van der Waals surface area contributed by atoms with Crippen LogP contribution in [0.3, 0.4) is 0 Å². The zero-order valence-corrected chi connectivity index (χ0v) is 16.2. The second kappa shape index (κ2) is 7.32. The number of ether oxygens (including phenoxy) is 1. The second-order valence-electron chi connectivity index (χ2n) is 7.23. The van der Waals surface area contributed by atoms with E-state index >= 15 is 0 Å². The molecule has 2 amide bonds. The maximum atomic E-state index is 12.9. The van der Waals surface area contributed by atoms with Crippen LogP contribution in [0.25, 0.3) is 0 Å². The number of hydrogen-bond acceptors (Lipinski definition) is 4. The molecule has 1 saturated heterocycles. The summed E-state index contributed by atoms with van der Waals surface area (Å²) in [6.07, 6.45) is 1.66. The van der Waals surface area contributed by atoms with E-state index in [0.29, 0.717) is 11.4 Å². The van der Waals surface area contributed by atoms with Gasteiger partial charge in [-0.05, 0) is 54.0 Å². The fourth-order valence-electron chi connectivity index (χ4n) is 2.61.